The third-order valence-electron chi connectivity index (χ3n) is 1.69. The molecule has 0 aliphatic carbocycles. The Morgan fingerprint density at radius 2 is 2.42 bits per heavy atom. The third-order valence-corrected chi connectivity index (χ3v) is 1.92. The first kappa shape index (κ1) is 9.58. The molecule has 3 nitrogen and oxygen atoms in total. The standard InChI is InChI=1S/C8H15N3S/c1-2-3-5-11-7-8(4-6-12)9-10-11/h7,12H,2-6H2,1H3. The molecule has 0 fully saturated rings. The molecule has 1 rings (SSSR count). The van der Waals surface area contributed by atoms with Crippen LogP contribution in [-0.4, -0.2) is 20.7 Å². The van der Waals surface area contributed by atoms with E-state index < -0.39 is 0 Å². The molecule has 0 saturated heterocycles. The first-order chi connectivity index (χ1) is 5.86. The van der Waals surface area contributed by atoms with Crippen LogP contribution in [0.5, 0.6) is 0 Å². The summed E-state index contributed by atoms with van der Waals surface area (Å²) in [7, 11) is 0. The van der Waals surface area contributed by atoms with Gasteiger partial charge in [0, 0.05) is 19.2 Å². The van der Waals surface area contributed by atoms with Gasteiger partial charge in [-0.05, 0) is 12.2 Å². The fourth-order valence-electron chi connectivity index (χ4n) is 0.997. The molecule has 0 spiro atoms. The van der Waals surface area contributed by atoms with Crippen molar-refractivity contribution in [3.8, 4) is 0 Å². The predicted molar refractivity (Wildman–Crippen MR) is 52.5 cm³/mol. The molecule has 0 N–H and O–H groups in total. The molecule has 12 heavy (non-hydrogen) atoms. The van der Waals surface area contributed by atoms with Crippen molar-refractivity contribution in [2.24, 2.45) is 0 Å². The molecule has 1 heterocycles. The monoisotopic (exact) mass is 185 g/mol. The molecule has 4 heteroatoms. The molecule has 0 amide bonds. The number of unbranched alkanes of at least 4 members (excludes halogenated alkanes) is 1. The van der Waals surface area contributed by atoms with Crippen molar-refractivity contribution in [1.29, 1.82) is 0 Å². The highest BCUT2D eigenvalue weighted by molar-refractivity contribution is 7.80. The molecule has 0 bridgehead atoms. The Bertz CT molecular complexity index is 222. The largest absolute Gasteiger partial charge is 0.252 e. The van der Waals surface area contributed by atoms with E-state index in [1.165, 1.54) is 12.8 Å². The van der Waals surface area contributed by atoms with E-state index in [1.54, 1.807) is 0 Å². The number of nitrogens with zero attached hydrogens (tertiary/aromatic N) is 3. The SMILES string of the molecule is CCCCn1cc(CCS)nn1. The summed E-state index contributed by atoms with van der Waals surface area (Å²) in [5.74, 6) is 0.840. The number of hydrogen-bond acceptors (Lipinski definition) is 3. The summed E-state index contributed by atoms with van der Waals surface area (Å²) in [5, 5.41) is 8.03. The van der Waals surface area contributed by atoms with Crippen molar-refractivity contribution < 1.29 is 0 Å². The average molecular weight is 185 g/mol. The van der Waals surface area contributed by atoms with Crippen LogP contribution in [0.3, 0.4) is 0 Å². The lowest BCUT2D eigenvalue weighted by atomic mass is 10.3. The fourth-order valence-corrected chi connectivity index (χ4v) is 1.23. The normalized spacial score (nSPS) is 10.5. The van der Waals surface area contributed by atoms with Crippen LogP contribution in [0.15, 0.2) is 6.20 Å². The quantitative estimate of drug-likeness (QED) is 0.706. The van der Waals surface area contributed by atoms with Gasteiger partial charge in [0.25, 0.3) is 0 Å². The van der Waals surface area contributed by atoms with E-state index in [4.69, 9.17) is 0 Å². The summed E-state index contributed by atoms with van der Waals surface area (Å²) in [4.78, 5) is 0. The second-order valence-electron chi connectivity index (χ2n) is 2.80. The lowest BCUT2D eigenvalue weighted by molar-refractivity contribution is 0.553. The van der Waals surface area contributed by atoms with E-state index in [2.05, 4.69) is 29.9 Å². The maximum atomic E-state index is 4.13. The molecule has 68 valence electrons. The first-order valence-corrected chi connectivity index (χ1v) is 5.00. The Kier molecular flexibility index (Phi) is 4.14. The van der Waals surface area contributed by atoms with Crippen molar-refractivity contribution in [2.75, 3.05) is 5.75 Å². The Balaban J connectivity index is 2.41. The van der Waals surface area contributed by atoms with Crippen molar-refractivity contribution in [3.63, 3.8) is 0 Å². The van der Waals surface area contributed by atoms with Gasteiger partial charge >= 0.3 is 0 Å². The van der Waals surface area contributed by atoms with Crippen LogP contribution < -0.4 is 0 Å². The maximum absolute atomic E-state index is 4.13. The van der Waals surface area contributed by atoms with Crippen LogP contribution in [0.4, 0.5) is 0 Å². The highest BCUT2D eigenvalue weighted by atomic mass is 32.1. The van der Waals surface area contributed by atoms with E-state index in [9.17, 15) is 0 Å². The molecular formula is C8H15N3S. The fraction of sp³-hybridized carbons (Fsp3) is 0.750. The number of aromatic nitrogens is 3. The lowest BCUT2D eigenvalue weighted by Crippen LogP contribution is -1.97. The minimum Gasteiger partial charge on any atom is -0.252 e. The number of hydrogen-bond donors (Lipinski definition) is 1. The summed E-state index contributed by atoms with van der Waals surface area (Å²) >= 11 is 4.13. The van der Waals surface area contributed by atoms with Gasteiger partial charge in [0.2, 0.25) is 0 Å². The topological polar surface area (TPSA) is 30.7 Å². The van der Waals surface area contributed by atoms with Gasteiger partial charge in [0.1, 0.15) is 0 Å². The lowest BCUT2D eigenvalue weighted by Gasteiger charge is -1.95. The second kappa shape index (κ2) is 5.19. The van der Waals surface area contributed by atoms with E-state index in [-0.39, 0.29) is 0 Å². The van der Waals surface area contributed by atoms with E-state index in [1.807, 2.05) is 10.9 Å². The van der Waals surface area contributed by atoms with Crippen LogP contribution in [0.1, 0.15) is 25.5 Å². The van der Waals surface area contributed by atoms with Gasteiger partial charge in [-0.15, -0.1) is 5.10 Å². The number of rotatable bonds is 5. The minimum absolute atomic E-state index is 0.840. The summed E-state index contributed by atoms with van der Waals surface area (Å²) in [6, 6.07) is 0. The van der Waals surface area contributed by atoms with Gasteiger partial charge in [-0.3, -0.25) is 4.68 Å². The smallest absolute Gasteiger partial charge is 0.0835 e. The molecule has 1 aromatic rings. The van der Waals surface area contributed by atoms with Gasteiger partial charge in [-0.2, -0.15) is 12.6 Å². The van der Waals surface area contributed by atoms with Crippen molar-refractivity contribution in [3.05, 3.63) is 11.9 Å². The zero-order chi connectivity index (χ0) is 8.81. The molecule has 0 aromatic carbocycles. The summed E-state index contributed by atoms with van der Waals surface area (Å²) < 4.78 is 1.91. The summed E-state index contributed by atoms with van der Waals surface area (Å²) in [5.41, 5.74) is 1.04. The molecule has 1 aromatic heterocycles. The summed E-state index contributed by atoms with van der Waals surface area (Å²) in [6.07, 6.45) is 5.28. The molecular weight excluding hydrogens is 170 g/mol. The predicted octanol–water partition coefficient (Wildman–Crippen LogP) is 1.55. The van der Waals surface area contributed by atoms with Crippen molar-refractivity contribution >= 4 is 12.6 Å². The van der Waals surface area contributed by atoms with Crippen LogP contribution in [0.25, 0.3) is 0 Å². The third kappa shape index (κ3) is 2.85. The average Bonchev–Trinajstić information content (AvgIpc) is 2.50. The van der Waals surface area contributed by atoms with Gasteiger partial charge in [-0.1, -0.05) is 18.6 Å². The van der Waals surface area contributed by atoms with Crippen LogP contribution in [-0.2, 0) is 13.0 Å². The minimum atomic E-state index is 0.840. The first-order valence-electron chi connectivity index (χ1n) is 4.36. The van der Waals surface area contributed by atoms with Crippen LogP contribution in [0, 0.1) is 0 Å². The Labute approximate surface area is 78.6 Å². The van der Waals surface area contributed by atoms with Crippen LogP contribution in [0.2, 0.25) is 0 Å². The van der Waals surface area contributed by atoms with Gasteiger partial charge < -0.3 is 0 Å². The Morgan fingerprint density at radius 3 is 3.08 bits per heavy atom. The molecule has 0 aliphatic heterocycles. The Morgan fingerprint density at radius 1 is 1.58 bits per heavy atom. The van der Waals surface area contributed by atoms with Crippen LogP contribution >= 0.6 is 12.6 Å². The number of thiol groups is 1. The molecule has 0 unspecified atom stereocenters. The maximum Gasteiger partial charge on any atom is 0.0835 e. The van der Waals surface area contributed by atoms with Crippen molar-refractivity contribution in [1.82, 2.24) is 15.0 Å². The zero-order valence-electron chi connectivity index (χ0n) is 7.40. The summed E-state index contributed by atoms with van der Waals surface area (Å²) in [6.45, 7) is 3.15. The van der Waals surface area contributed by atoms with Gasteiger partial charge in [-0.25, -0.2) is 0 Å². The molecule has 0 aliphatic rings. The highest BCUT2D eigenvalue weighted by Gasteiger charge is 1.97. The second-order valence-corrected chi connectivity index (χ2v) is 3.25. The number of aryl methyl sites for hydroxylation is 2. The molecule has 0 atom stereocenters. The Hall–Kier alpha value is -0.510. The van der Waals surface area contributed by atoms with Gasteiger partial charge in [0.05, 0.1) is 5.69 Å². The van der Waals surface area contributed by atoms with E-state index >= 15 is 0 Å². The van der Waals surface area contributed by atoms with Gasteiger partial charge in [0.15, 0.2) is 0 Å². The van der Waals surface area contributed by atoms with Crippen molar-refractivity contribution in [2.45, 2.75) is 32.7 Å². The molecule has 0 radical (unpaired) electrons. The van der Waals surface area contributed by atoms with E-state index in [0.29, 0.717) is 0 Å². The zero-order valence-corrected chi connectivity index (χ0v) is 8.30. The molecule has 0 saturated carbocycles. The van der Waals surface area contributed by atoms with E-state index in [0.717, 1.165) is 24.4 Å². The highest BCUT2D eigenvalue weighted by Crippen LogP contribution is 1.98.